The molecule has 6 heteroatoms. The number of rotatable bonds is 3. The normalized spacial score (nSPS) is 11.7. The van der Waals surface area contributed by atoms with Gasteiger partial charge in [0.25, 0.3) is 0 Å². The molecule has 0 aliphatic heterocycles. The highest BCUT2D eigenvalue weighted by Gasteiger charge is 2.15. The summed E-state index contributed by atoms with van der Waals surface area (Å²) in [5.74, 6) is 0.301. The summed E-state index contributed by atoms with van der Waals surface area (Å²) in [5, 5.41) is 18.6. The summed E-state index contributed by atoms with van der Waals surface area (Å²) < 4.78 is 5.69. The Bertz CT molecular complexity index is 335. The van der Waals surface area contributed by atoms with Gasteiger partial charge in [0.2, 0.25) is 0 Å². The maximum Gasteiger partial charge on any atom is 0.162 e. The van der Waals surface area contributed by atoms with Gasteiger partial charge >= 0.3 is 0 Å². The Morgan fingerprint density at radius 1 is 1.53 bits per heavy atom. The molecule has 4 N–H and O–H groups in total. The molecule has 0 unspecified atom stereocenters. The van der Waals surface area contributed by atoms with Gasteiger partial charge in [0.1, 0.15) is 0 Å². The molecule has 86 valence electrons. The lowest BCUT2D eigenvalue weighted by molar-refractivity contribution is 0.264. The highest BCUT2D eigenvalue weighted by molar-refractivity contribution is 9.10. The Morgan fingerprint density at radius 3 is 2.60 bits per heavy atom. The number of hydrogen-bond donors (Lipinski definition) is 3. The van der Waals surface area contributed by atoms with E-state index in [0.29, 0.717) is 11.3 Å². The molecule has 0 saturated carbocycles. The first kappa shape index (κ1) is 14.5. The zero-order chi connectivity index (χ0) is 10.7. The number of phenols is 1. The second-order valence-corrected chi connectivity index (χ2v) is 3.75. The van der Waals surface area contributed by atoms with Crippen LogP contribution in [0, 0.1) is 0 Å². The van der Waals surface area contributed by atoms with Crippen LogP contribution in [0.2, 0.25) is 0 Å². The predicted octanol–water partition coefficient (Wildman–Crippen LogP) is 1.58. The van der Waals surface area contributed by atoms with Crippen LogP contribution in [0.4, 0.5) is 0 Å². The van der Waals surface area contributed by atoms with Crippen LogP contribution < -0.4 is 10.5 Å². The van der Waals surface area contributed by atoms with Crippen molar-refractivity contribution in [1.82, 2.24) is 0 Å². The average Bonchev–Trinajstić information content (AvgIpc) is 2.19. The van der Waals surface area contributed by atoms with Crippen molar-refractivity contribution < 1.29 is 14.9 Å². The predicted molar refractivity (Wildman–Crippen MR) is 63.6 cm³/mol. The van der Waals surface area contributed by atoms with Crippen LogP contribution in [0.15, 0.2) is 16.6 Å². The van der Waals surface area contributed by atoms with Gasteiger partial charge in [0, 0.05) is 10.0 Å². The quantitative estimate of drug-likeness (QED) is 0.792. The summed E-state index contributed by atoms with van der Waals surface area (Å²) in [4.78, 5) is 0. The third-order valence-electron chi connectivity index (χ3n) is 1.89. The van der Waals surface area contributed by atoms with Gasteiger partial charge in [-0.1, -0.05) is 15.9 Å². The summed E-state index contributed by atoms with van der Waals surface area (Å²) in [6, 6.07) is 2.67. The molecule has 4 nitrogen and oxygen atoms in total. The van der Waals surface area contributed by atoms with E-state index in [9.17, 15) is 5.11 Å². The third kappa shape index (κ3) is 3.24. The lowest BCUT2D eigenvalue weighted by atomic mass is 10.1. The minimum absolute atomic E-state index is 0. The lowest BCUT2D eigenvalue weighted by Gasteiger charge is -2.13. The van der Waals surface area contributed by atoms with Gasteiger partial charge in [0.15, 0.2) is 11.5 Å². The van der Waals surface area contributed by atoms with Gasteiger partial charge in [-0.15, -0.1) is 12.4 Å². The van der Waals surface area contributed by atoms with E-state index in [1.54, 1.807) is 12.1 Å². The summed E-state index contributed by atoms with van der Waals surface area (Å²) in [6.07, 6.45) is 0. The molecule has 0 aliphatic carbocycles. The Morgan fingerprint density at radius 2 is 2.13 bits per heavy atom. The first-order valence-corrected chi connectivity index (χ1v) is 4.82. The Balaban J connectivity index is 0.00000196. The molecule has 1 atom stereocenters. The molecule has 0 amide bonds. The van der Waals surface area contributed by atoms with E-state index in [4.69, 9.17) is 15.6 Å². The SMILES string of the molecule is COc1cc(Br)cc([C@H](N)CO)c1O.Cl. The van der Waals surface area contributed by atoms with Crippen molar-refractivity contribution in [1.29, 1.82) is 0 Å². The van der Waals surface area contributed by atoms with E-state index in [-0.39, 0.29) is 24.8 Å². The molecule has 15 heavy (non-hydrogen) atoms. The van der Waals surface area contributed by atoms with Crippen LogP contribution >= 0.6 is 28.3 Å². The molecule has 0 aliphatic rings. The van der Waals surface area contributed by atoms with Gasteiger partial charge in [0.05, 0.1) is 19.8 Å². The number of methoxy groups -OCH3 is 1. The van der Waals surface area contributed by atoms with Crippen LogP contribution in [0.3, 0.4) is 0 Å². The summed E-state index contributed by atoms with van der Waals surface area (Å²) in [7, 11) is 1.45. The molecular formula is C9H13BrClNO3. The van der Waals surface area contributed by atoms with Crippen LogP contribution in [-0.2, 0) is 0 Å². The summed E-state index contributed by atoms with van der Waals surface area (Å²) in [5.41, 5.74) is 6.06. The van der Waals surface area contributed by atoms with E-state index < -0.39 is 6.04 Å². The topological polar surface area (TPSA) is 75.7 Å². The molecule has 1 rings (SSSR count). The monoisotopic (exact) mass is 297 g/mol. The molecule has 0 fully saturated rings. The van der Waals surface area contributed by atoms with E-state index >= 15 is 0 Å². The van der Waals surface area contributed by atoms with Crippen molar-refractivity contribution in [2.75, 3.05) is 13.7 Å². The zero-order valence-corrected chi connectivity index (χ0v) is 10.5. The van der Waals surface area contributed by atoms with Gasteiger partial charge in [-0.3, -0.25) is 0 Å². The van der Waals surface area contributed by atoms with Crippen molar-refractivity contribution in [2.45, 2.75) is 6.04 Å². The molecule has 0 saturated heterocycles. The molecule has 0 radical (unpaired) electrons. The fraction of sp³-hybridized carbons (Fsp3) is 0.333. The van der Waals surface area contributed by atoms with E-state index in [1.165, 1.54) is 7.11 Å². The molecule has 0 heterocycles. The number of benzene rings is 1. The number of aromatic hydroxyl groups is 1. The number of aliphatic hydroxyl groups excluding tert-OH is 1. The van der Waals surface area contributed by atoms with Crippen molar-refractivity contribution in [3.8, 4) is 11.5 Å². The largest absolute Gasteiger partial charge is 0.504 e. The number of halogens is 2. The number of nitrogens with two attached hydrogens (primary N) is 1. The fourth-order valence-electron chi connectivity index (χ4n) is 1.13. The van der Waals surface area contributed by atoms with Crippen LogP contribution in [0.5, 0.6) is 11.5 Å². The van der Waals surface area contributed by atoms with Crippen LogP contribution in [0.25, 0.3) is 0 Å². The van der Waals surface area contributed by atoms with Gasteiger partial charge < -0.3 is 20.7 Å². The number of ether oxygens (including phenoxy) is 1. The van der Waals surface area contributed by atoms with E-state index in [2.05, 4.69) is 15.9 Å². The molecule has 1 aromatic carbocycles. The third-order valence-corrected chi connectivity index (χ3v) is 2.34. The smallest absolute Gasteiger partial charge is 0.162 e. The molecule has 0 spiro atoms. The van der Waals surface area contributed by atoms with Crippen LogP contribution in [-0.4, -0.2) is 23.9 Å². The summed E-state index contributed by atoms with van der Waals surface area (Å²) >= 11 is 3.26. The van der Waals surface area contributed by atoms with Gasteiger partial charge in [-0.05, 0) is 12.1 Å². The summed E-state index contributed by atoms with van der Waals surface area (Å²) in [6.45, 7) is -0.229. The van der Waals surface area contributed by atoms with E-state index in [1.807, 2.05) is 0 Å². The number of phenolic OH excluding ortho intramolecular Hbond substituents is 1. The lowest BCUT2D eigenvalue weighted by Crippen LogP contribution is -2.14. The number of aliphatic hydroxyl groups is 1. The molecular weight excluding hydrogens is 285 g/mol. The molecule has 0 bridgehead atoms. The maximum atomic E-state index is 9.68. The van der Waals surface area contributed by atoms with Crippen LogP contribution in [0.1, 0.15) is 11.6 Å². The average molecular weight is 299 g/mol. The molecule has 0 aromatic heterocycles. The van der Waals surface area contributed by atoms with E-state index in [0.717, 1.165) is 4.47 Å². The first-order valence-electron chi connectivity index (χ1n) is 4.03. The van der Waals surface area contributed by atoms with Crippen molar-refractivity contribution in [3.63, 3.8) is 0 Å². The minimum atomic E-state index is -0.610. The Kier molecular flexibility index (Phi) is 5.97. The van der Waals surface area contributed by atoms with Gasteiger partial charge in [-0.2, -0.15) is 0 Å². The molecule has 1 aromatic rings. The zero-order valence-electron chi connectivity index (χ0n) is 8.11. The van der Waals surface area contributed by atoms with Crippen molar-refractivity contribution in [2.24, 2.45) is 5.73 Å². The fourth-order valence-corrected chi connectivity index (χ4v) is 1.59. The second-order valence-electron chi connectivity index (χ2n) is 2.83. The second kappa shape index (κ2) is 6.17. The van der Waals surface area contributed by atoms with Crippen molar-refractivity contribution >= 4 is 28.3 Å². The first-order chi connectivity index (χ1) is 6.60. The van der Waals surface area contributed by atoms with Gasteiger partial charge in [-0.25, -0.2) is 0 Å². The highest BCUT2D eigenvalue weighted by Crippen LogP contribution is 2.35. The maximum absolute atomic E-state index is 9.68. The standard InChI is InChI=1S/C9H12BrNO3.ClH/c1-14-8-3-5(10)2-6(9(8)13)7(11)4-12;/h2-3,7,12-13H,4,11H2,1H3;1H/t7-;/m1./s1. The highest BCUT2D eigenvalue weighted by atomic mass is 79.9. The number of hydrogen-bond acceptors (Lipinski definition) is 4. The van der Waals surface area contributed by atoms with Crippen molar-refractivity contribution in [3.05, 3.63) is 22.2 Å². The minimum Gasteiger partial charge on any atom is -0.504 e. The Hall–Kier alpha value is -0.490. The Labute approximate surface area is 103 Å².